The van der Waals surface area contributed by atoms with E-state index in [2.05, 4.69) is 0 Å². The molecule has 0 spiro atoms. The van der Waals surface area contributed by atoms with Crippen molar-refractivity contribution in [1.29, 1.82) is 0 Å². The van der Waals surface area contributed by atoms with Crippen molar-refractivity contribution in [1.82, 2.24) is 4.90 Å². The van der Waals surface area contributed by atoms with Crippen LogP contribution in [0.4, 0.5) is 4.79 Å². The molecule has 0 radical (unpaired) electrons. The van der Waals surface area contributed by atoms with Crippen LogP contribution in [0.5, 0.6) is 0 Å². The highest BCUT2D eigenvalue weighted by atomic mass is 16.6. The molecule has 0 aromatic heterocycles. The summed E-state index contributed by atoms with van der Waals surface area (Å²) in [5.74, 6) is -0.940. The zero-order chi connectivity index (χ0) is 16.6. The summed E-state index contributed by atoms with van der Waals surface area (Å²) in [6.07, 6.45) is 1.50. The lowest BCUT2D eigenvalue weighted by molar-refractivity contribution is -0.160. The minimum absolute atomic E-state index is 0.242. The zero-order valence-corrected chi connectivity index (χ0v) is 14.3. The molecule has 0 aromatic rings. The summed E-state index contributed by atoms with van der Waals surface area (Å²) in [6.45, 7) is 12.9. The summed E-state index contributed by atoms with van der Waals surface area (Å²) < 4.78 is 5.47. The van der Waals surface area contributed by atoms with E-state index in [0.717, 1.165) is 12.8 Å². The number of carbonyl (C=O) groups is 2. The molecule has 1 unspecified atom stereocenters. The molecule has 0 aromatic carbocycles. The quantitative estimate of drug-likeness (QED) is 0.863. The fourth-order valence-electron chi connectivity index (χ4n) is 3.40. The third-order valence-corrected chi connectivity index (χ3v) is 4.33. The molecule has 122 valence electrons. The van der Waals surface area contributed by atoms with Gasteiger partial charge in [0, 0.05) is 6.04 Å². The summed E-state index contributed by atoms with van der Waals surface area (Å²) in [5.41, 5.74) is -2.34. The molecule has 1 saturated carbocycles. The van der Waals surface area contributed by atoms with Crippen LogP contribution in [0, 0.1) is 5.41 Å². The summed E-state index contributed by atoms with van der Waals surface area (Å²) in [5, 5.41) is 9.92. The maximum Gasteiger partial charge on any atom is 0.411 e. The van der Waals surface area contributed by atoms with Gasteiger partial charge < -0.3 is 9.84 Å². The van der Waals surface area contributed by atoms with Crippen LogP contribution in [0.2, 0.25) is 0 Å². The van der Waals surface area contributed by atoms with Crippen LogP contribution in [-0.2, 0) is 9.53 Å². The third-order valence-electron chi connectivity index (χ3n) is 4.33. The van der Waals surface area contributed by atoms with E-state index in [9.17, 15) is 14.7 Å². The summed E-state index contributed by atoms with van der Waals surface area (Å²) in [6, 6.07) is -0.242. The van der Waals surface area contributed by atoms with Gasteiger partial charge in [-0.3, -0.25) is 4.90 Å². The van der Waals surface area contributed by atoms with Crippen LogP contribution in [0.1, 0.15) is 67.7 Å². The molecule has 0 saturated heterocycles. The van der Waals surface area contributed by atoms with E-state index in [-0.39, 0.29) is 6.04 Å². The number of carboxylic acids is 1. The molecule has 1 atom stereocenters. The largest absolute Gasteiger partial charge is 0.479 e. The lowest BCUT2D eigenvalue weighted by Gasteiger charge is -2.48. The Bertz CT molecular complexity index is 422. The number of rotatable bonds is 3. The molecule has 1 aliphatic rings. The fraction of sp³-hybridized carbons (Fsp3) is 0.875. The van der Waals surface area contributed by atoms with Crippen LogP contribution < -0.4 is 0 Å². The number of carboxylic acid groups (broad SMARTS) is 1. The van der Waals surface area contributed by atoms with Crippen LogP contribution >= 0.6 is 0 Å². The van der Waals surface area contributed by atoms with E-state index < -0.39 is 28.6 Å². The van der Waals surface area contributed by atoms with Gasteiger partial charge in [0.2, 0.25) is 0 Å². The maximum atomic E-state index is 12.6. The van der Waals surface area contributed by atoms with Crippen molar-refractivity contribution in [3.63, 3.8) is 0 Å². The number of amides is 1. The SMILES string of the molecule is CC(C)N(C(=O)OC(C)(C)C)C1(C(=O)O)CCCC1(C)C. The standard InChI is InChI=1S/C16H29NO4/c1-11(2)17(13(20)21-14(3,4)5)16(12(18)19)10-8-9-15(16,6)7/h11H,8-10H2,1-7H3,(H,18,19). The smallest absolute Gasteiger partial charge is 0.411 e. The van der Waals surface area contributed by atoms with E-state index >= 15 is 0 Å². The molecule has 21 heavy (non-hydrogen) atoms. The maximum absolute atomic E-state index is 12.6. The summed E-state index contributed by atoms with van der Waals surface area (Å²) in [4.78, 5) is 26.2. The Balaban J connectivity index is 3.30. The molecule has 0 aliphatic heterocycles. The van der Waals surface area contributed by atoms with E-state index in [1.54, 1.807) is 20.8 Å². The predicted molar refractivity (Wildman–Crippen MR) is 81.2 cm³/mol. The van der Waals surface area contributed by atoms with E-state index in [1.165, 1.54) is 4.90 Å². The molecule has 1 rings (SSSR count). The molecule has 0 bridgehead atoms. The minimum atomic E-state index is -1.20. The average molecular weight is 299 g/mol. The van der Waals surface area contributed by atoms with Gasteiger partial charge in [-0.05, 0) is 59.3 Å². The first-order valence-electron chi connectivity index (χ1n) is 7.61. The first-order valence-corrected chi connectivity index (χ1v) is 7.61. The van der Waals surface area contributed by atoms with E-state index in [0.29, 0.717) is 6.42 Å². The summed E-state index contributed by atoms with van der Waals surface area (Å²) >= 11 is 0. The third kappa shape index (κ3) is 3.16. The van der Waals surface area contributed by atoms with Gasteiger partial charge in [-0.15, -0.1) is 0 Å². The van der Waals surface area contributed by atoms with Crippen molar-refractivity contribution in [2.24, 2.45) is 5.41 Å². The van der Waals surface area contributed by atoms with Crippen molar-refractivity contribution < 1.29 is 19.4 Å². The van der Waals surface area contributed by atoms with Crippen molar-refractivity contribution in [2.75, 3.05) is 0 Å². The van der Waals surface area contributed by atoms with Gasteiger partial charge in [-0.25, -0.2) is 9.59 Å². The molecular weight excluding hydrogens is 270 g/mol. The van der Waals surface area contributed by atoms with Crippen molar-refractivity contribution in [3.05, 3.63) is 0 Å². The Labute approximate surface area is 127 Å². The number of hydrogen-bond donors (Lipinski definition) is 1. The van der Waals surface area contributed by atoms with Crippen LogP contribution in [0.3, 0.4) is 0 Å². The number of nitrogens with zero attached hydrogens (tertiary/aromatic N) is 1. The van der Waals surface area contributed by atoms with Crippen LogP contribution in [0.15, 0.2) is 0 Å². The highest BCUT2D eigenvalue weighted by Crippen LogP contribution is 2.50. The predicted octanol–water partition coefficient (Wildman–Crippen LogP) is 3.67. The van der Waals surface area contributed by atoms with E-state index in [4.69, 9.17) is 4.74 Å². The topological polar surface area (TPSA) is 66.8 Å². The average Bonchev–Trinajstić information content (AvgIpc) is 2.52. The van der Waals surface area contributed by atoms with Gasteiger partial charge in [0.1, 0.15) is 11.1 Å². The van der Waals surface area contributed by atoms with Crippen molar-refractivity contribution >= 4 is 12.1 Å². The summed E-state index contributed by atoms with van der Waals surface area (Å²) in [7, 11) is 0. The molecule has 1 N–H and O–H groups in total. The van der Waals surface area contributed by atoms with Crippen molar-refractivity contribution in [3.8, 4) is 0 Å². The molecule has 5 nitrogen and oxygen atoms in total. The highest BCUT2D eigenvalue weighted by Gasteiger charge is 2.61. The molecule has 0 heterocycles. The Kier molecular flexibility index (Phi) is 4.66. The van der Waals surface area contributed by atoms with Crippen molar-refractivity contribution in [2.45, 2.75) is 84.9 Å². The van der Waals surface area contributed by atoms with Gasteiger partial charge in [0.15, 0.2) is 0 Å². The molecule has 1 fully saturated rings. The first-order chi connectivity index (χ1) is 9.35. The Morgan fingerprint density at radius 2 is 1.71 bits per heavy atom. The molecule has 1 amide bonds. The molecule has 5 heteroatoms. The van der Waals surface area contributed by atoms with Gasteiger partial charge in [0.05, 0.1) is 0 Å². The lowest BCUT2D eigenvalue weighted by Crippen LogP contribution is -2.65. The normalized spacial score (nSPS) is 25.0. The van der Waals surface area contributed by atoms with E-state index in [1.807, 2.05) is 27.7 Å². The van der Waals surface area contributed by atoms with Crippen LogP contribution in [0.25, 0.3) is 0 Å². The van der Waals surface area contributed by atoms with Gasteiger partial charge in [-0.1, -0.05) is 13.8 Å². The molecule has 1 aliphatic carbocycles. The Morgan fingerprint density at radius 1 is 1.19 bits per heavy atom. The van der Waals surface area contributed by atoms with Gasteiger partial charge >= 0.3 is 12.1 Å². The highest BCUT2D eigenvalue weighted by molar-refractivity contribution is 5.86. The number of carbonyl (C=O) groups excluding carboxylic acids is 1. The Morgan fingerprint density at radius 3 is 2.00 bits per heavy atom. The number of hydrogen-bond acceptors (Lipinski definition) is 3. The second kappa shape index (κ2) is 5.50. The van der Waals surface area contributed by atoms with Gasteiger partial charge in [-0.2, -0.15) is 0 Å². The second-order valence-corrected chi connectivity index (χ2v) is 7.85. The fourth-order valence-corrected chi connectivity index (χ4v) is 3.40. The Hall–Kier alpha value is -1.26. The minimum Gasteiger partial charge on any atom is -0.479 e. The number of aliphatic carboxylic acids is 1. The zero-order valence-electron chi connectivity index (χ0n) is 14.3. The lowest BCUT2D eigenvalue weighted by atomic mass is 9.73. The number of ether oxygens (including phenoxy) is 1. The first kappa shape index (κ1) is 17.8. The monoisotopic (exact) mass is 299 g/mol. The van der Waals surface area contributed by atoms with Gasteiger partial charge in [0.25, 0.3) is 0 Å². The molecular formula is C16H29NO4. The second-order valence-electron chi connectivity index (χ2n) is 7.85. The van der Waals surface area contributed by atoms with Crippen LogP contribution in [-0.4, -0.2) is 39.3 Å².